The molecule has 0 aliphatic rings. The van der Waals surface area contributed by atoms with Crippen molar-refractivity contribution in [1.29, 1.82) is 0 Å². The smallest absolute Gasteiger partial charge is 0.341 e. The number of halogens is 4. The minimum Gasteiger partial charge on any atom is -0.505 e. The molecule has 12 aromatic rings. The van der Waals surface area contributed by atoms with Crippen LogP contribution in [0.3, 0.4) is 0 Å². The highest BCUT2D eigenvalue weighted by molar-refractivity contribution is 6.15. The Bertz CT molecular complexity index is 5970. The molecule has 8 aromatic carbocycles. The van der Waals surface area contributed by atoms with Crippen molar-refractivity contribution in [2.45, 2.75) is 58.5 Å². The third-order valence-corrected chi connectivity index (χ3v) is 18.7. The summed E-state index contributed by atoms with van der Waals surface area (Å²) in [5, 5.41) is 54.3. The minimum absolute atomic E-state index is 0.000932. The number of esters is 4. The predicted octanol–water partition coefficient (Wildman–Crippen LogP) is 11.1. The highest BCUT2D eigenvalue weighted by Gasteiger charge is 2.28. The fourth-order valence-corrected chi connectivity index (χ4v) is 12.5. The lowest BCUT2D eigenvalue weighted by atomic mass is 9.98. The summed E-state index contributed by atoms with van der Waals surface area (Å²) in [7, 11) is 9.96. The topological polar surface area (TPSA) is 425 Å². The molecule has 0 fully saturated rings. The summed E-state index contributed by atoms with van der Waals surface area (Å²) in [6, 6.07) is 36.0. The van der Waals surface area contributed by atoms with Crippen LogP contribution in [0.15, 0.2) is 170 Å². The fourth-order valence-electron chi connectivity index (χ4n) is 12.5. The van der Waals surface area contributed by atoms with Gasteiger partial charge in [-0.05, 0) is 195 Å². The van der Waals surface area contributed by atoms with E-state index in [1.165, 1.54) is 108 Å². The lowest BCUT2D eigenvalue weighted by Crippen LogP contribution is -2.36. The molecule has 0 bridgehead atoms. The Morgan fingerprint density at radius 2 is 0.718 bits per heavy atom. The number of hydrogen-bond acceptors (Lipinski definition) is 24. The van der Waals surface area contributed by atoms with Crippen LogP contribution in [0.4, 0.5) is 23.2 Å². The van der Waals surface area contributed by atoms with Crippen LogP contribution in [0.2, 0.25) is 0 Å². The number of aromatic hydroxyl groups is 4. The number of carbonyl (C=O) groups excluding carboxylic acids is 10. The fraction of sp³-hybridized carbons (Fsp3) is 0.222. The maximum Gasteiger partial charge on any atom is 0.341 e. The van der Waals surface area contributed by atoms with E-state index in [2.05, 4.69) is 51.4 Å². The molecule has 0 unspecified atom stereocenters. The van der Waals surface area contributed by atoms with Crippen molar-refractivity contribution in [2.75, 3.05) is 81.1 Å². The number of pyridine rings is 4. The molecule has 0 aliphatic carbocycles. The number of fused-ring (bicyclic) bond motifs is 4. The first kappa shape index (κ1) is 92.8. The molecule has 644 valence electrons. The SMILES string of the molecule is CNC(=O)CCC(=O)Nc1cc(C(=O)OC)c(O)c2ncc(Cc3ccc(F)cc3)cc12.COC(=O)c1cc(C(=O)NCCN(C)C)c2cc(Cc3ccc(F)cc3)cnc2c1O.COC(=O)c1cc(C(=O)NCCOC(C)C)c2cc(Cc3ccc(F)cc3)cnc2c1O.COC(=O)c1cc(C(=O)NNC=O)c2cc(Cc3ccc(F)cc3)cnc2c1O. The Balaban J connectivity index is 0.000000187. The van der Waals surface area contributed by atoms with Gasteiger partial charge in [0.1, 0.15) is 67.6 Å². The van der Waals surface area contributed by atoms with E-state index >= 15 is 0 Å². The van der Waals surface area contributed by atoms with Gasteiger partial charge in [0.2, 0.25) is 18.2 Å². The summed E-state index contributed by atoms with van der Waals surface area (Å²) >= 11 is 0. The molecule has 12 rings (SSSR count). The van der Waals surface area contributed by atoms with Crippen LogP contribution in [0.5, 0.6) is 23.0 Å². The van der Waals surface area contributed by atoms with Gasteiger partial charge in [0, 0.05) is 97.0 Å². The number of amides is 6. The molecule has 0 saturated carbocycles. The van der Waals surface area contributed by atoms with Crippen LogP contribution < -0.4 is 32.1 Å². The van der Waals surface area contributed by atoms with Gasteiger partial charge in [0.05, 0.1) is 52.4 Å². The van der Waals surface area contributed by atoms with E-state index in [9.17, 15) is 85.9 Å². The molecular weight excluding hydrogens is 1620 g/mol. The van der Waals surface area contributed by atoms with Crippen molar-refractivity contribution in [2.24, 2.45) is 0 Å². The largest absolute Gasteiger partial charge is 0.505 e. The maximum absolute atomic E-state index is 13.2. The van der Waals surface area contributed by atoms with E-state index in [4.69, 9.17) is 18.9 Å². The van der Waals surface area contributed by atoms with Gasteiger partial charge in [0.15, 0.2) is 23.0 Å². The Hall–Kier alpha value is -15.1. The van der Waals surface area contributed by atoms with Crippen molar-refractivity contribution < 1.29 is 110 Å². The third kappa shape index (κ3) is 24.6. The van der Waals surface area contributed by atoms with Crippen molar-refractivity contribution >= 4 is 109 Å². The van der Waals surface area contributed by atoms with E-state index in [1.54, 1.807) is 85.2 Å². The molecule has 0 atom stereocenters. The summed E-state index contributed by atoms with van der Waals surface area (Å²) in [5.74, 6) is -8.31. The molecule has 0 radical (unpaired) electrons. The second kappa shape index (κ2) is 43.8. The van der Waals surface area contributed by atoms with Gasteiger partial charge in [-0.15, -0.1) is 0 Å². The van der Waals surface area contributed by atoms with Crippen molar-refractivity contribution in [3.63, 3.8) is 0 Å². The van der Waals surface area contributed by atoms with Crippen molar-refractivity contribution in [3.05, 3.63) is 277 Å². The average Bonchev–Trinajstić information content (AvgIpc) is 0.785. The first-order valence-electron chi connectivity index (χ1n) is 38.1. The van der Waals surface area contributed by atoms with E-state index in [0.717, 1.165) is 52.1 Å². The lowest BCUT2D eigenvalue weighted by molar-refractivity contribution is -0.124. The molecule has 6 amide bonds. The number of hydrogen-bond donors (Lipinski definition) is 10. The van der Waals surface area contributed by atoms with E-state index in [1.807, 2.05) is 38.3 Å². The number of benzene rings is 8. The van der Waals surface area contributed by atoms with E-state index < -0.39 is 53.3 Å². The molecule has 124 heavy (non-hydrogen) atoms. The highest BCUT2D eigenvalue weighted by Crippen LogP contribution is 2.38. The summed E-state index contributed by atoms with van der Waals surface area (Å²) in [6.45, 7) is 5.44. The quantitative estimate of drug-likeness (QED) is 0.00414. The van der Waals surface area contributed by atoms with Gasteiger partial charge in [0.25, 0.3) is 17.7 Å². The number of rotatable bonds is 28. The zero-order valence-corrected chi connectivity index (χ0v) is 68.6. The summed E-state index contributed by atoms with van der Waals surface area (Å²) < 4.78 is 76.9. The zero-order valence-electron chi connectivity index (χ0n) is 68.6. The Labute approximate surface area is 706 Å². The number of anilines is 1. The lowest BCUT2D eigenvalue weighted by Gasteiger charge is -2.14. The summed E-state index contributed by atoms with van der Waals surface area (Å²) in [5.41, 5.74) is 10.9. The van der Waals surface area contributed by atoms with Crippen LogP contribution in [0.1, 0.15) is 144 Å². The minimum atomic E-state index is -0.848. The predicted molar refractivity (Wildman–Crippen MR) is 449 cm³/mol. The number of carbonyl (C=O) groups is 10. The van der Waals surface area contributed by atoms with E-state index in [-0.39, 0.29) is 150 Å². The van der Waals surface area contributed by atoms with Crippen LogP contribution in [0.25, 0.3) is 43.6 Å². The number of nitrogens with zero attached hydrogens (tertiary/aromatic N) is 5. The van der Waals surface area contributed by atoms with Gasteiger partial charge in [-0.2, -0.15) is 0 Å². The molecule has 0 spiro atoms. The van der Waals surface area contributed by atoms with Crippen LogP contribution in [0, 0.1) is 23.3 Å². The second-order valence-corrected chi connectivity index (χ2v) is 28.1. The zero-order chi connectivity index (χ0) is 90.0. The second-order valence-electron chi connectivity index (χ2n) is 28.1. The summed E-state index contributed by atoms with van der Waals surface area (Å²) in [4.78, 5) is 140. The monoisotopic (exact) mass is 1700 g/mol. The highest BCUT2D eigenvalue weighted by atomic mass is 19.1. The third-order valence-electron chi connectivity index (χ3n) is 18.7. The molecular formula is C90H87F4N11O19. The number of phenolic OH excluding ortho intramolecular Hbond substituents is 4. The number of hydrazine groups is 1. The standard InChI is InChI=1S/C24H25FN2O5.C23H22FN3O5.C23H24FN3O4.C20H16FN3O5/c1-14(2)32-9-8-26-23(29)19-12-20(24(30)31-3)22(28)21-18(19)11-16(13-27-21)10-15-4-6-17(25)7-5-15;1-25-19(28)7-8-20(29)27-18-11-17(23(31)32-2)22(30)21-16(18)10-14(12-26-21)9-13-3-5-15(24)6-4-13;1-27(2)9-8-25-22(29)18-12-19(23(30)31-3)21(28)20-17(18)11-15(13-26-20)10-14-4-6-16(24)7-5-14;1-29-20(28)16-8-15(19(27)24-23-10-25)14-7-12(9-22-17(14)18(16)26)6-11-2-4-13(21)5-3-11/h4-7,11-14,28H,8-10H2,1-3H3,(H,26,29);3-6,10-12,30H,7-9H2,1-2H3,(H,25,28)(H,27,29);4-7,11-13,28H,8-10H2,1-3H3,(H,25,29);2-5,7-10,26H,6H2,1H3,(H,23,25)(H,24,27). The number of nitrogens with one attached hydrogen (secondary N) is 6. The van der Waals surface area contributed by atoms with Crippen LogP contribution in [-0.2, 0) is 63.8 Å². The molecule has 30 nitrogen and oxygen atoms in total. The maximum atomic E-state index is 13.2. The van der Waals surface area contributed by atoms with Gasteiger partial charge < -0.3 is 70.3 Å². The average molecular weight is 1700 g/mol. The van der Waals surface area contributed by atoms with Gasteiger partial charge in [-0.1, -0.05) is 48.5 Å². The Morgan fingerprint density at radius 3 is 1.03 bits per heavy atom. The van der Waals surface area contributed by atoms with Crippen molar-refractivity contribution in [1.82, 2.24) is 51.6 Å². The first-order chi connectivity index (χ1) is 59.3. The number of likely N-dealkylation sites (N-methyl/N-ethyl adjacent to an activating group) is 1. The van der Waals surface area contributed by atoms with E-state index in [0.29, 0.717) is 67.1 Å². The first-order valence-corrected chi connectivity index (χ1v) is 38.1. The molecule has 0 saturated heterocycles. The Morgan fingerprint density at radius 1 is 0.411 bits per heavy atom. The Kier molecular flexibility index (Phi) is 32.8. The molecule has 4 aromatic heterocycles. The molecule has 4 heterocycles. The van der Waals surface area contributed by atoms with Gasteiger partial charge >= 0.3 is 23.9 Å². The number of aromatic nitrogens is 4. The number of ether oxygens (including phenoxy) is 5. The van der Waals surface area contributed by atoms with Gasteiger partial charge in [-0.25, -0.2) is 36.7 Å². The number of phenols is 4. The normalized spacial score (nSPS) is 10.8. The molecule has 10 N–H and O–H groups in total. The summed E-state index contributed by atoms with van der Waals surface area (Å²) in [6.07, 6.45) is 8.10. The number of methoxy groups -OCH3 is 4. The van der Waals surface area contributed by atoms with Gasteiger partial charge in [-0.3, -0.25) is 59.6 Å². The van der Waals surface area contributed by atoms with Crippen molar-refractivity contribution in [3.8, 4) is 23.0 Å². The molecule has 34 heteroatoms. The molecule has 0 aliphatic heterocycles. The van der Waals surface area contributed by atoms with Crippen LogP contribution >= 0.6 is 0 Å². The van der Waals surface area contributed by atoms with Crippen LogP contribution in [-0.4, -0.2) is 187 Å².